The molecule has 0 saturated heterocycles. The van der Waals surface area contributed by atoms with Crippen LogP contribution in [0.1, 0.15) is 0 Å². The first kappa shape index (κ1) is 5.82. The second-order valence-electron chi connectivity index (χ2n) is 1.59. The molecule has 0 amide bonds. The standard InChI is InChI=1S/C7H7NO/c9-7-3-1-2-5-8-6-4-7/h1-6,9H/b2-1-,3-1?,5-2?,6-4-,7-3+,7-4?,8-5-,8-6?. The lowest BCUT2D eigenvalue weighted by Gasteiger charge is -1.86. The van der Waals surface area contributed by atoms with Crippen LogP contribution in [0.2, 0.25) is 0 Å². The van der Waals surface area contributed by atoms with Gasteiger partial charge in [-0.1, -0.05) is 6.08 Å². The highest BCUT2D eigenvalue weighted by Gasteiger charge is 1.80. The summed E-state index contributed by atoms with van der Waals surface area (Å²) in [4.78, 5) is 3.79. The highest BCUT2D eigenvalue weighted by molar-refractivity contribution is 5.72. The van der Waals surface area contributed by atoms with E-state index >= 15 is 0 Å². The normalized spacial score (nSPS) is 33.1. The lowest BCUT2D eigenvalue weighted by Crippen LogP contribution is -1.73. The number of hydrogen-bond acceptors (Lipinski definition) is 2. The van der Waals surface area contributed by atoms with E-state index in [0.29, 0.717) is 0 Å². The number of allylic oxidation sites excluding steroid dienone is 4. The van der Waals surface area contributed by atoms with Crippen LogP contribution in [0.25, 0.3) is 0 Å². The van der Waals surface area contributed by atoms with Crippen LogP contribution in [0.15, 0.2) is 41.3 Å². The lowest BCUT2D eigenvalue weighted by atomic mass is 10.4. The van der Waals surface area contributed by atoms with Crippen molar-refractivity contribution in [2.24, 2.45) is 4.99 Å². The van der Waals surface area contributed by atoms with Gasteiger partial charge in [0.05, 0.1) is 0 Å². The summed E-state index contributed by atoms with van der Waals surface area (Å²) in [5, 5.41) is 8.86. The molecule has 0 spiro atoms. The second-order valence-corrected chi connectivity index (χ2v) is 1.59. The summed E-state index contributed by atoms with van der Waals surface area (Å²) in [6.45, 7) is 0. The zero-order valence-corrected chi connectivity index (χ0v) is 4.86. The zero-order valence-electron chi connectivity index (χ0n) is 4.86. The zero-order chi connectivity index (χ0) is 6.53. The molecule has 0 radical (unpaired) electrons. The predicted molar refractivity (Wildman–Crippen MR) is 37.5 cm³/mol. The van der Waals surface area contributed by atoms with Gasteiger partial charge in [-0.25, -0.2) is 0 Å². The molecule has 0 aromatic carbocycles. The molecule has 2 nitrogen and oxygen atoms in total. The Morgan fingerprint density at radius 3 is 3.11 bits per heavy atom. The van der Waals surface area contributed by atoms with Crippen molar-refractivity contribution in [3.63, 3.8) is 0 Å². The summed E-state index contributed by atoms with van der Waals surface area (Å²) in [5.41, 5.74) is 0. The summed E-state index contributed by atoms with van der Waals surface area (Å²) in [7, 11) is 0. The fourth-order valence-corrected chi connectivity index (χ4v) is 0.478. The molecule has 1 aliphatic heterocycles. The van der Waals surface area contributed by atoms with Crippen molar-refractivity contribution in [3.8, 4) is 0 Å². The van der Waals surface area contributed by atoms with Crippen LogP contribution in [0, 0.1) is 0 Å². The highest BCUT2D eigenvalue weighted by atomic mass is 16.3. The molecule has 0 aromatic rings. The summed E-state index contributed by atoms with van der Waals surface area (Å²) in [6.07, 6.45) is 9.79. The molecule has 46 valence electrons. The minimum atomic E-state index is 0.225. The SMILES string of the molecule is OC1=C/C=C\C=N/C=C\1. The Labute approximate surface area is 53.5 Å². The average Bonchev–Trinajstić information content (AvgIpc) is 1.79. The molecule has 0 bridgehead atoms. The van der Waals surface area contributed by atoms with Crippen molar-refractivity contribution in [2.45, 2.75) is 0 Å². The van der Waals surface area contributed by atoms with Gasteiger partial charge < -0.3 is 5.11 Å². The topological polar surface area (TPSA) is 32.6 Å². The first-order valence-corrected chi connectivity index (χ1v) is 2.65. The van der Waals surface area contributed by atoms with Crippen LogP contribution >= 0.6 is 0 Å². The third-order valence-corrected chi connectivity index (χ3v) is 0.882. The van der Waals surface area contributed by atoms with Crippen molar-refractivity contribution in [1.82, 2.24) is 0 Å². The van der Waals surface area contributed by atoms with Crippen molar-refractivity contribution in [3.05, 3.63) is 36.3 Å². The number of hydrogen-bond donors (Lipinski definition) is 1. The molecule has 0 atom stereocenters. The lowest BCUT2D eigenvalue weighted by molar-refractivity contribution is 0.432. The Balaban J connectivity index is 2.77. The maximum absolute atomic E-state index is 8.86. The third-order valence-electron chi connectivity index (χ3n) is 0.882. The first-order chi connectivity index (χ1) is 4.39. The summed E-state index contributed by atoms with van der Waals surface area (Å²) >= 11 is 0. The molecular weight excluding hydrogens is 114 g/mol. The first-order valence-electron chi connectivity index (χ1n) is 2.65. The molecule has 0 aromatic heterocycles. The summed E-state index contributed by atoms with van der Waals surface area (Å²) < 4.78 is 0. The van der Waals surface area contributed by atoms with Gasteiger partial charge in [0.25, 0.3) is 0 Å². The van der Waals surface area contributed by atoms with Gasteiger partial charge in [0, 0.05) is 12.4 Å². The fourth-order valence-electron chi connectivity index (χ4n) is 0.478. The van der Waals surface area contributed by atoms with Crippen molar-refractivity contribution in [2.75, 3.05) is 0 Å². The van der Waals surface area contributed by atoms with Crippen LogP contribution < -0.4 is 0 Å². The molecule has 0 saturated carbocycles. The minimum Gasteiger partial charge on any atom is -0.508 e. The molecule has 1 heterocycles. The quantitative estimate of drug-likeness (QED) is 0.518. The van der Waals surface area contributed by atoms with E-state index in [1.165, 1.54) is 12.3 Å². The largest absolute Gasteiger partial charge is 0.508 e. The fraction of sp³-hybridized carbons (Fsp3) is 0. The van der Waals surface area contributed by atoms with Crippen molar-refractivity contribution >= 4 is 6.21 Å². The van der Waals surface area contributed by atoms with Crippen LogP contribution in [0.3, 0.4) is 0 Å². The van der Waals surface area contributed by atoms with E-state index < -0.39 is 0 Å². The highest BCUT2D eigenvalue weighted by Crippen LogP contribution is 1.93. The maximum Gasteiger partial charge on any atom is 0.117 e. The van der Waals surface area contributed by atoms with E-state index in [0.717, 1.165) is 0 Å². The Bertz CT molecular complexity index is 199. The molecule has 1 rings (SSSR count). The number of rotatable bonds is 0. The van der Waals surface area contributed by atoms with Gasteiger partial charge in [0.1, 0.15) is 5.76 Å². The number of aliphatic hydroxyl groups is 1. The molecule has 1 aliphatic rings. The van der Waals surface area contributed by atoms with Crippen molar-refractivity contribution in [1.29, 1.82) is 0 Å². The third kappa shape index (κ3) is 1.95. The van der Waals surface area contributed by atoms with E-state index in [1.807, 2.05) is 0 Å². The summed E-state index contributed by atoms with van der Waals surface area (Å²) in [5.74, 6) is 0.225. The van der Waals surface area contributed by atoms with Gasteiger partial charge in [0.15, 0.2) is 0 Å². The van der Waals surface area contributed by atoms with E-state index in [9.17, 15) is 0 Å². The van der Waals surface area contributed by atoms with Gasteiger partial charge in [-0.3, -0.25) is 4.99 Å². The van der Waals surface area contributed by atoms with Gasteiger partial charge in [-0.15, -0.1) is 0 Å². The van der Waals surface area contributed by atoms with Gasteiger partial charge in [-0.05, 0) is 18.2 Å². The van der Waals surface area contributed by atoms with E-state index in [1.54, 1.807) is 24.4 Å². The number of nitrogens with zero attached hydrogens (tertiary/aromatic N) is 1. The molecule has 1 N–H and O–H groups in total. The van der Waals surface area contributed by atoms with E-state index in [-0.39, 0.29) is 5.76 Å². The Hall–Kier alpha value is -1.31. The van der Waals surface area contributed by atoms with Crippen LogP contribution in [-0.4, -0.2) is 11.3 Å². The smallest absolute Gasteiger partial charge is 0.117 e. The van der Waals surface area contributed by atoms with Gasteiger partial charge >= 0.3 is 0 Å². The Morgan fingerprint density at radius 1 is 1.33 bits per heavy atom. The van der Waals surface area contributed by atoms with Gasteiger partial charge in [0.2, 0.25) is 0 Å². The predicted octanol–water partition coefficient (Wildman–Crippen LogP) is 1.58. The maximum atomic E-state index is 8.86. The van der Waals surface area contributed by atoms with Crippen LogP contribution in [0.4, 0.5) is 0 Å². The average molecular weight is 121 g/mol. The minimum absolute atomic E-state index is 0.225. The molecule has 0 unspecified atom stereocenters. The van der Waals surface area contributed by atoms with Crippen LogP contribution in [0.5, 0.6) is 0 Å². The van der Waals surface area contributed by atoms with Gasteiger partial charge in [-0.2, -0.15) is 0 Å². The molecule has 0 fully saturated rings. The summed E-state index contributed by atoms with van der Waals surface area (Å²) in [6, 6.07) is 0. The van der Waals surface area contributed by atoms with E-state index in [4.69, 9.17) is 5.11 Å². The Morgan fingerprint density at radius 2 is 2.22 bits per heavy atom. The van der Waals surface area contributed by atoms with Crippen LogP contribution in [-0.2, 0) is 0 Å². The monoisotopic (exact) mass is 121 g/mol. The molecule has 0 aliphatic carbocycles. The molecular formula is C7H7NO. The van der Waals surface area contributed by atoms with Crippen molar-refractivity contribution < 1.29 is 5.11 Å². The number of aliphatic imine (C=N–C) groups is 1. The molecule has 9 heavy (non-hydrogen) atoms. The van der Waals surface area contributed by atoms with E-state index in [2.05, 4.69) is 4.99 Å². The molecule has 2 heteroatoms. The second kappa shape index (κ2) is 2.87. The number of aliphatic hydroxyl groups excluding tert-OH is 1. The Kier molecular flexibility index (Phi) is 1.85.